The van der Waals surface area contributed by atoms with Gasteiger partial charge in [-0.2, -0.15) is 0 Å². The van der Waals surface area contributed by atoms with E-state index in [0.717, 1.165) is 6.42 Å². The summed E-state index contributed by atoms with van der Waals surface area (Å²) < 4.78 is 16.1. The summed E-state index contributed by atoms with van der Waals surface area (Å²) in [5.74, 6) is 0.464. The summed E-state index contributed by atoms with van der Waals surface area (Å²) in [6.07, 6.45) is 0.190. The van der Waals surface area contributed by atoms with Crippen molar-refractivity contribution >= 4 is 6.09 Å². The van der Waals surface area contributed by atoms with Crippen LogP contribution in [0.2, 0.25) is 0 Å². The number of nitrogens with one attached hydrogen (secondary N) is 1. The van der Waals surface area contributed by atoms with Crippen LogP contribution in [0.25, 0.3) is 0 Å². The molecule has 1 fully saturated rings. The quantitative estimate of drug-likeness (QED) is 0.756. The van der Waals surface area contributed by atoms with Gasteiger partial charge in [0.15, 0.2) is 6.29 Å². The van der Waals surface area contributed by atoms with Crippen molar-refractivity contribution < 1.29 is 19.0 Å². The van der Waals surface area contributed by atoms with E-state index in [1.807, 2.05) is 27.7 Å². The van der Waals surface area contributed by atoms with Crippen molar-refractivity contribution in [3.05, 3.63) is 0 Å². The largest absolute Gasteiger partial charge is 0.444 e. The molecule has 5 heteroatoms. The molecule has 1 heterocycles. The Bertz CT molecular complexity index is 298. The van der Waals surface area contributed by atoms with E-state index in [1.54, 1.807) is 0 Å². The van der Waals surface area contributed by atoms with Gasteiger partial charge in [0, 0.05) is 6.61 Å². The SMILES string of the molecule is CCOC1OC1C(CC(C)C)NC(=O)OC(C)(C)C. The fourth-order valence-electron chi connectivity index (χ4n) is 1.93. The van der Waals surface area contributed by atoms with Crippen LogP contribution in [0.3, 0.4) is 0 Å². The van der Waals surface area contributed by atoms with Crippen molar-refractivity contribution in [2.75, 3.05) is 6.61 Å². The first-order chi connectivity index (χ1) is 8.73. The lowest BCUT2D eigenvalue weighted by atomic mass is 10.0. The summed E-state index contributed by atoms with van der Waals surface area (Å²) in [7, 11) is 0. The fraction of sp³-hybridized carbons (Fsp3) is 0.929. The van der Waals surface area contributed by atoms with Crippen LogP contribution in [0.1, 0.15) is 48.0 Å². The summed E-state index contributed by atoms with van der Waals surface area (Å²) >= 11 is 0. The second-order valence-corrected chi connectivity index (χ2v) is 6.31. The minimum absolute atomic E-state index is 0.0603. The molecule has 1 rings (SSSR count). The molecule has 1 aliphatic heterocycles. The summed E-state index contributed by atoms with van der Waals surface area (Å²) in [6.45, 7) is 12.3. The zero-order valence-corrected chi connectivity index (χ0v) is 12.9. The summed E-state index contributed by atoms with van der Waals surface area (Å²) in [5.41, 5.74) is -0.490. The van der Waals surface area contributed by atoms with E-state index in [-0.39, 0.29) is 18.4 Å². The van der Waals surface area contributed by atoms with Gasteiger partial charge in [-0.05, 0) is 40.0 Å². The Kier molecular flexibility index (Phi) is 5.62. The Morgan fingerprint density at radius 2 is 2.00 bits per heavy atom. The van der Waals surface area contributed by atoms with E-state index in [4.69, 9.17) is 14.2 Å². The Hall–Kier alpha value is -0.810. The number of hydrogen-bond donors (Lipinski definition) is 1. The van der Waals surface area contributed by atoms with Crippen LogP contribution >= 0.6 is 0 Å². The van der Waals surface area contributed by atoms with Gasteiger partial charge in [-0.1, -0.05) is 13.8 Å². The van der Waals surface area contributed by atoms with Gasteiger partial charge in [-0.3, -0.25) is 0 Å². The van der Waals surface area contributed by atoms with Gasteiger partial charge in [0.1, 0.15) is 11.7 Å². The van der Waals surface area contributed by atoms with E-state index in [0.29, 0.717) is 12.5 Å². The molecule has 0 aromatic carbocycles. The number of ether oxygens (including phenoxy) is 3. The fourth-order valence-corrected chi connectivity index (χ4v) is 1.93. The van der Waals surface area contributed by atoms with Crippen LogP contribution in [-0.2, 0) is 14.2 Å². The van der Waals surface area contributed by atoms with Crippen molar-refractivity contribution in [2.45, 2.75) is 72.0 Å². The molecule has 5 nitrogen and oxygen atoms in total. The summed E-state index contributed by atoms with van der Waals surface area (Å²) in [4.78, 5) is 11.8. The Balaban J connectivity index is 2.49. The van der Waals surface area contributed by atoms with Crippen LogP contribution in [0.5, 0.6) is 0 Å². The molecular formula is C14H27NO4. The third-order valence-corrected chi connectivity index (χ3v) is 2.64. The van der Waals surface area contributed by atoms with Crippen LogP contribution in [0, 0.1) is 5.92 Å². The van der Waals surface area contributed by atoms with Crippen molar-refractivity contribution in [3.8, 4) is 0 Å². The molecule has 0 spiro atoms. The first kappa shape index (κ1) is 16.2. The monoisotopic (exact) mass is 273 g/mol. The lowest BCUT2D eigenvalue weighted by Gasteiger charge is -2.23. The van der Waals surface area contributed by atoms with Gasteiger partial charge in [0.05, 0.1) is 6.04 Å². The highest BCUT2D eigenvalue weighted by Crippen LogP contribution is 2.29. The molecule has 1 saturated heterocycles. The Morgan fingerprint density at radius 3 is 2.47 bits per heavy atom. The maximum Gasteiger partial charge on any atom is 0.407 e. The molecule has 0 radical (unpaired) electrons. The molecular weight excluding hydrogens is 246 g/mol. The van der Waals surface area contributed by atoms with Crippen molar-refractivity contribution in [1.82, 2.24) is 5.32 Å². The van der Waals surface area contributed by atoms with Crippen LogP contribution in [0.4, 0.5) is 4.79 Å². The highest BCUT2D eigenvalue weighted by molar-refractivity contribution is 5.68. The third-order valence-electron chi connectivity index (χ3n) is 2.64. The van der Waals surface area contributed by atoms with Crippen LogP contribution < -0.4 is 5.32 Å². The standard InChI is InChI=1S/C14H27NO4/c1-7-17-12-11(18-12)10(8-9(2)3)15-13(16)19-14(4,5)6/h9-12H,7-8H2,1-6H3,(H,15,16). The molecule has 1 amide bonds. The predicted molar refractivity (Wildman–Crippen MR) is 72.9 cm³/mol. The van der Waals surface area contributed by atoms with Gasteiger partial charge in [-0.25, -0.2) is 4.79 Å². The van der Waals surface area contributed by atoms with E-state index in [9.17, 15) is 4.79 Å². The molecule has 0 aliphatic carbocycles. The van der Waals surface area contributed by atoms with Crippen LogP contribution in [0.15, 0.2) is 0 Å². The van der Waals surface area contributed by atoms with E-state index >= 15 is 0 Å². The molecule has 1 aliphatic rings. The predicted octanol–water partition coefficient (Wildman–Crippen LogP) is 2.69. The van der Waals surface area contributed by atoms with Crippen molar-refractivity contribution in [2.24, 2.45) is 5.92 Å². The van der Waals surface area contributed by atoms with Gasteiger partial charge in [0.25, 0.3) is 0 Å². The average Bonchev–Trinajstić information content (AvgIpc) is 2.92. The average molecular weight is 273 g/mol. The molecule has 19 heavy (non-hydrogen) atoms. The zero-order valence-electron chi connectivity index (χ0n) is 12.9. The normalized spacial score (nSPS) is 24.2. The molecule has 112 valence electrons. The number of hydrogen-bond acceptors (Lipinski definition) is 4. The highest BCUT2D eigenvalue weighted by Gasteiger charge is 2.46. The number of amides is 1. The molecule has 3 atom stereocenters. The molecule has 0 aromatic rings. The number of alkyl carbamates (subject to hydrolysis) is 1. The van der Waals surface area contributed by atoms with E-state index < -0.39 is 11.7 Å². The molecule has 0 bridgehead atoms. The summed E-state index contributed by atoms with van der Waals surface area (Å²) in [6, 6.07) is -0.0635. The maximum absolute atomic E-state index is 11.8. The third kappa shape index (κ3) is 6.25. The van der Waals surface area contributed by atoms with Gasteiger partial charge < -0.3 is 19.5 Å². The van der Waals surface area contributed by atoms with E-state index in [1.165, 1.54) is 0 Å². The lowest BCUT2D eigenvalue weighted by molar-refractivity contribution is 0.0488. The molecule has 0 aromatic heterocycles. The smallest absolute Gasteiger partial charge is 0.407 e. The topological polar surface area (TPSA) is 60.1 Å². The second-order valence-electron chi connectivity index (χ2n) is 6.31. The van der Waals surface area contributed by atoms with Gasteiger partial charge in [0.2, 0.25) is 0 Å². The van der Waals surface area contributed by atoms with Crippen LogP contribution in [-0.4, -0.2) is 36.7 Å². The second kappa shape index (κ2) is 6.57. The number of epoxide rings is 1. The lowest BCUT2D eigenvalue weighted by Crippen LogP contribution is -2.43. The highest BCUT2D eigenvalue weighted by atomic mass is 16.8. The number of rotatable bonds is 6. The van der Waals surface area contributed by atoms with Gasteiger partial charge in [-0.15, -0.1) is 0 Å². The number of carbonyl (C=O) groups excluding carboxylic acids is 1. The molecule has 1 N–H and O–H groups in total. The molecule has 3 unspecified atom stereocenters. The minimum Gasteiger partial charge on any atom is -0.444 e. The molecule has 0 saturated carbocycles. The van der Waals surface area contributed by atoms with Gasteiger partial charge >= 0.3 is 6.09 Å². The summed E-state index contributed by atoms with van der Waals surface area (Å²) in [5, 5.41) is 2.89. The van der Waals surface area contributed by atoms with Crippen molar-refractivity contribution in [3.63, 3.8) is 0 Å². The maximum atomic E-state index is 11.8. The van der Waals surface area contributed by atoms with E-state index in [2.05, 4.69) is 19.2 Å². The zero-order chi connectivity index (χ0) is 14.6. The van der Waals surface area contributed by atoms with Crippen molar-refractivity contribution in [1.29, 1.82) is 0 Å². The Labute approximate surface area is 116 Å². The first-order valence-electron chi connectivity index (χ1n) is 6.99. The minimum atomic E-state index is -0.490. The number of carbonyl (C=O) groups is 1. The Morgan fingerprint density at radius 1 is 1.37 bits per heavy atom. The first-order valence-corrected chi connectivity index (χ1v) is 6.99.